The number of thiazole rings is 1. The summed E-state index contributed by atoms with van der Waals surface area (Å²) in [5.74, 6) is 6.60. The molecule has 0 fully saturated rings. The van der Waals surface area contributed by atoms with Gasteiger partial charge in [0.1, 0.15) is 11.4 Å². The van der Waals surface area contributed by atoms with E-state index >= 15 is 0 Å². The van der Waals surface area contributed by atoms with Crippen LogP contribution in [0.25, 0.3) is 0 Å². The third-order valence-electron chi connectivity index (χ3n) is 1.89. The molecule has 0 N–H and O–H groups in total. The summed E-state index contributed by atoms with van der Waals surface area (Å²) in [6.07, 6.45) is 4.65. The molecule has 0 aliphatic rings. The molecule has 84 valence electrons. The summed E-state index contributed by atoms with van der Waals surface area (Å²) < 4.78 is 5.12. The van der Waals surface area contributed by atoms with Crippen molar-refractivity contribution in [3.05, 3.63) is 52.9 Å². The number of ether oxygens (including phenoxy) is 1. The van der Waals surface area contributed by atoms with Crippen LogP contribution in [-0.2, 0) is 0 Å². The fraction of sp³-hybridized carbons (Fsp3) is 0.0769. The number of rotatable bonds is 2. The van der Waals surface area contributed by atoms with Gasteiger partial charge in [0, 0.05) is 17.1 Å². The monoisotopic (exact) mass is 242 g/mol. The summed E-state index contributed by atoms with van der Waals surface area (Å²) in [6, 6.07) is 1.81. The summed E-state index contributed by atoms with van der Waals surface area (Å²) in [6.45, 7) is 5.44. The van der Waals surface area contributed by atoms with E-state index < -0.39 is 0 Å². The molecule has 0 aliphatic carbocycles. The Kier molecular flexibility index (Phi) is 3.53. The average Bonchev–Trinajstić information content (AvgIpc) is 2.74. The van der Waals surface area contributed by atoms with Crippen LogP contribution in [0.5, 0.6) is 5.75 Å². The van der Waals surface area contributed by atoms with Gasteiger partial charge < -0.3 is 4.74 Å². The topological polar surface area (TPSA) is 35.0 Å². The van der Waals surface area contributed by atoms with E-state index in [0.717, 1.165) is 16.3 Å². The molecule has 0 atom stereocenters. The first-order valence-corrected chi connectivity index (χ1v) is 5.82. The Morgan fingerprint density at radius 2 is 2.29 bits per heavy atom. The highest BCUT2D eigenvalue weighted by atomic mass is 32.1. The zero-order chi connectivity index (χ0) is 12.1. The standard InChI is InChI=1S/C13H10N2OS/c1-3-16-13-6-11(7-14-8-13)4-5-12-9-17-10(2)15-12/h3,6-9H,1H2,2H3. The minimum absolute atomic E-state index is 0.626. The number of aromatic nitrogens is 2. The molecule has 2 heterocycles. The van der Waals surface area contributed by atoms with Crippen LogP contribution in [0.1, 0.15) is 16.3 Å². The van der Waals surface area contributed by atoms with Gasteiger partial charge >= 0.3 is 0 Å². The molecule has 0 amide bonds. The number of pyridine rings is 1. The van der Waals surface area contributed by atoms with E-state index in [0.29, 0.717) is 5.75 Å². The van der Waals surface area contributed by atoms with Gasteiger partial charge in [-0.1, -0.05) is 12.5 Å². The Labute approximate surface area is 104 Å². The largest absolute Gasteiger partial charge is 0.464 e. The van der Waals surface area contributed by atoms with Gasteiger partial charge in [0.25, 0.3) is 0 Å². The van der Waals surface area contributed by atoms with Crippen LogP contribution in [0.4, 0.5) is 0 Å². The summed E-state index contributed by atoms with van der Waals surface area (Å²) in [4.78, 5) is 8.29. The SMILES string of the molecule is C=COc1cncc(C#Cc2csc(C)n2)c1. The van der Waals surface area contributed by atoms with Crippen molar-refractivity contribution in [1.29, 1.82) is 0 Å². The molecular weight excluding hydrogens is 232 g/mol. The van der Waals surface area contributed by atoms with Gasteiger partial charge in [-0.15, -0.1) is 11.3 Å². The second kappa shape index (κ2) is 5.28. The Bertz CT molecular complexity index is 593. The third kappa shape index (κ3) is 3.16. The van der Waals surface area contributed by atoms with Crippen molar-refractivity contribution < 1.29 is 4.74 Å². The van der Waals surface area contributed by atoms with Crippen LogP contribution in [0.2, 0.25) is 0 Å². The van der Waals surface area contributed by atoms with Crippen LogP contribution in [0, 0.1) is 18.8 Å². The van der Waals surface area contributed by atoms with Crippen molar-refractivity contribution >= 4 is 11.3 Å². The van der Waals surface area contributed by atoms with E-state index in [9.17, 15) is 0 Å². The van der Waals surface area contributed by atoms with Crippen LogP contribution in [0.15, 0.2) is 36.7 Å². The molecule has 3 nitrogen and oxygen atoms in total. The zero-order valence-corrected chi connectivity index (χ0v) is 10.1. The lowest BCUT2D eigenvalue weighted by Crippen LogP contribution is -1.84. The molecular formula is C13H10N2OS. The van der Waals surface area contributed by atoms with E-state index in [4.69, 9.17) is 4.74 Å². The van der Waals surface area contributed by atoms with Crippen molar-refractivity contribution in [2.45, 2.75) is 6.92 Å². The van der Waals surface area contributed by atoms with Crippen molar-refractivity contribution in [2.75, 3.05) is 0 Å². The van der Waals surface area contributed by atoms with E-state index in [1.807, 2.05) is 12.3 Å². The fourth-order valence-electron chi connectivity index (χ4n) is 1.20. The first-order valence-electron chi connectivity index (χ1n) is 4.94. The molecule has 0 radical (unpaired) electrons. The molecule has 2 aromatic rings. The number of hydrogen-bond acceptors (Lipinski definition) is 4. The Morgan fingerprint density at radius 3 is 3.00 bits per heavy atom. The van der Waals surface area contributed by atoms with Crippen LogP contribution in [-0.4, -0.2) is 9.97 Å². The second-order valence-electron chi connectivity index (χ2n) is 3.20. The molecule has 0 spiro atoms. The third-order valence-corrected chi connectivity index (χ3v) is 2.66. The van der Waals surface area contributed by atoms with Crippen molar-refractivity contribution in [2.24, 2.45) is 0 Å². The van der Waals surface area contributed by atoms with Crippen LogP contribution >= 0.6 is 11.3 Å². The average molecular weight is 242 g/mol. The summed E-state index contributed by atoms with van der Waals surface area (Å²) in [7, 11) is 0. The van der Waals surface area contributed by atoms with Gasteiger partial charge in [0.2, 0.25) is 0 Å². The van der Waals surface area contributed by atoms with Gasteiger partial charge in [0.15, 0.2) is 0 Å². The normalized spacial score (nSPS) is 9.24. The Hall–Kier alpha value is -2.12. The number of aryl methyl sites for hydroxylation is 1. The minimum atomic E-state index is 0.626. The highest BCUT2D eigenvalue weighted by molar-refractivity contribution is 7.09. The molecule has 0 saturated carbocycles. The lowest BCUT2D eigenvalue weighted by molar-refractivity contribution is 0.481. The molecule has 17 heavy (non-hydrogen) atoms. The smallest absolute Gasteiger partial charge is 0.146 e. The van der Waals surface area contributed by atoms with Gasteiger partial charge in [-0.2, -0.15) is 0 Å². The molecule has 0 aromatic carbocycles. The highest BCUT2D eigenvalue weighted by Gasteiger charge is 1.95. The maximum absolute atomic E-state index is 5.12. The quantitative estimate of drug-likeness (QED) is 0.600. The number of nitrogens with zero attached hydrogens (tertiary/aromatic N) is 2. The zero-order valence-electron chi connectivity index (χ0n) is 9.30. The van der Waals surface area contributed by atoms with Crippen LogP contribution in [0.3, 0.4) is 0 Å². The number of hydrogen-bond donors (Lipinski definition) is 0. The van der Waals surface area contributed by atoms with E-state index in [1.54, 1.807) is 29.8 Å². The predicted octanol–water partition coefficient (Wildman–Crippen LogP) is 2.77. The summed E-state index contributed by atoms with van der Waals surface area (Å²) >= 11 is 1.58. The molecule has 2 aromatic heterocycles. The van der Waals surface area contributed by atoms with E-state index in [1.165, 1.54) is 6.26 Å². The van der Waals surface area contributed by atoms with E-state index in [-0.39, 0.29) is 0 Å². The maximum Gasteiger partial charge on any atom is 0.146 e. The molecule has 0 unspecified atom stereocenters. The van der Waals surface area contributed by atoms with Crippen molar-refractivity contribution in [1.82, 2.24) is 9.97 Å². The molecule has 2 rings (SSSR count). The first kappa shape index (κ1) is 11.4. The first-order chi connectivity index (χ1) is 8.28. The van der Waals surface area contributed by atoms with Crippen LogP contribution < -0.4 is 4.74 Å². The van der Waals surface area contributed by atoms with Gasteiger partial charge in [-0.05, 0) is 18.9 Å². The van der Waals surface area contributed by atoms with E-state index in [2.05, 4.69) is 28.4 Å². The molecule has 0 saturated heterocycles. The minimum Gasteiger partial charge on any atom is -0.464 e. The predicted molar refractivity (Wildman–Crippen MR) is 67.9 cm³/mol. The fourth-order valence-corrected chi connectivity index (χ4v) is 1.75. The van der Waals surface area contributed by atoms with Gasteiger partial charge in [-0.3, -0.25) is 4.98 Å². The summed E-state index contributed by atoms with van der Waals surface area (Å²) in [5.41, 5.74) is 1.57. The molecule has 0 aliphatic heterocycles. The Morgan fingerprint density at radius 1 is 1.41 bits per heavy atom. The second-order valence-corrected chi connectivity index (χ2v) is 4.26. The summed E-state index contributed by atoms with van der Waals surface area (Å²) in [5, 5.41) is 2.94. The lowest BCUT2D eigenvalue weighted by atomic mass is 10.3. The molecule has 4 heteroatoms. The van der Waals surface area contributed by atoms with Gasteiger partial charge in [0.05, 0.1) is 17.5 Å². The molecule has 0 bridgehead atoms. The highest BCUT2D eigenvalue weighted by Crippen LogP contribution is 2.11. The van der Waals surface area contributed by atoms with Crippen molar-refractivity contribution in [3.8, 4) is 17.6 Å². The van der Waals surface area contributed by atoms with Crippen molar-refractivity contribution in [3.63, 3.8) is 0 Å². The lowest BCUT2D eigenvalue weighted by Gasteiger charge is -1.97. The maximum atomic E-state index is 5.12. The van der Waals surface area contributed by atoms with Gasteiger partial charge in [-0.25, -0.2) is 4.98 Å². The Balaban J connectivity index is 2.21.